The van der Waals surface area contributed by atoms with E-state index in [-0.39, 0.29) is 6.61 Å². The molecule has 0 spiro atoms. The molecular formula is C12H17ClN2OSi. The van der Waals surface area contributed by atoms with E-state index in [1.807, 2.05) is 6.07 Å². The average molecular weight is 269 g/mol. The molecule has 2 aromatic rings. The van der Waals surface area contributed by atoms with E-state index in [1.54, 1.807) is 6.20 Å². The molecule has 0 radical (unpaired) electrons. The van der Waals surface area contributed by atoms with Crippen molar-refractivity contribution in [1.82, 2.24) is 9.97 Å². The molecule has 2 aromatic heterocycles. The summed E-state index contributed by atoms with van der Waals surface area (Å²) >= 11 is 5.99. The van der Waals surface area contributed by atoms with E-state index in [1.165, 1.54) is 10.9 Å². The highest BCUT2D eigenvalue weighted by Gasteiger charge is 2.24. The molecule has 17 heavy (non-hydrogen) atoms. The molecule has 3 nitrogen and oxygen atoms in total. The zero-order valence-corrected chi connectivity index (χ0v) is 12.1. The third-order valence-electron chi connectivity index (χ3n) is 2.84. The van der Waals surface area contributed by atoms with Gasteiger partial charge in [-0.2, -0.15) is 0 Å². The number of aliphatic hydroxyl groups is 1. The summed E-state index contributed by atoms with van der Waals surface area (Å²) in [7, 11) is -1.47. The number of pyridine rings is 1. The molecule has 0 fully saturated rings. The maximum Gasteiger partial charge on any atom is 0.137 e. The van der Waals surface area contributed by atoms with Gasteiger partial charge in [0, 0.05) is 23.5 Å². The Bertz CT molecular complexity index is 545. The highest BCUT2D eigenvalue weighted by molar-refractivity contribution is 6.88. The van der Waals surface area contributed by atoms with Crippen LogP contribution in [0.4, 0.5) is 0 Å². The van der Waals surface area contributed by atoms with Gasteiger partial charge in [0.15, 0.2) is 0 Å². The van der Waals surface area contributed by atoms with Crippen LogP contribution in [-0.4, -0.2) is 29.8 Å². The van der Waals surface area contributed by atoms with Crippen LogP contribution in [-0.2, 0) is 6.42 Å². The lowest BCUT2D eigenvalue weighted by Crippen LogP contribution is -2.41. The molecule has 0 aliphatic heterocycles. The van der Waals surface area contributed by atoms with Crippen molar-refractivity contribution in [2.45, 2.75) is 26.1 Å². The third kappa shape index (κ3) is 2.39. The van der Waals surface area contributed by atoms with E-state index in [2.05, 4.69) is 29.6 Å². The second kappa shape index (κ2) is 4.44. The number of nitrogens with one attached hydrogen (secondary N) is 1. The van der Waals surface area contributed by atoms with Crippen LogP contribution in [0.3, 0.4) is 0 Å². The molecule has 92 valence electrons. The first-order chi connectivity index (χ1) is 7.93. The van der Waals surface area contributed by atoms with Crippen LogP contribution >= 0.6 is 11.6 Å². The zero-order chi connectivity index (χ0) is 12.6. The summed E-state index contributed by atoms with van der Waals surface area (Å²) in [5, 5.41) is 12.1. The topological polar surface area (TPSA) is 48.9 Å². The van der Waals surface area contributed by atoms with Gasteiger partial charge in [0.05, 0.1) is 13.1 Å². The summed E-state index contributed by atoms with van der Waals surface area (Å²) < 4.78 is 0. The fraction of sp³-hybridized carbons (Fsp3) is 0.417. The molecule has 0 saturated carbocycles. The van der Waals surface area contributed by atoms with Gasteiger partial charge in [0.2, 0.25) is 0 Å². The van der Waals surface area contributed by atoms with Crippen molar-refractivity contribution in [3.63, 3.8) is 0 Å². The van der Waals surface area contributed by atoms with Gasteiger partial charge < -0.3 is 10.1 Å². The number of rotatable bonds is 3. The smallest absolute Gasteiger partial charge is 0.137 e. The third-order valence-corrected chi connectivity index (χ3v) is 4.97. The second-order valence-corrected chi connectivity index (χ2v) is 10.7. The average Bonchev–Trinajstić information content (AvgIpc) is 2.57. The minimum absolute atomic E-state index is 0.150. The first-order valence-electron chi connectivity index (χ1n) is 5.71. The molecule has 2 heterocycles. The van der Waals surface area contributed by atoms with Gasteiger partial charge in [-0.05, 0) is 18.1 Å². The molecule has 0 saturated heterocycles. The normalized spacial score (nSPS) is 12.3. The van der Waals surface area contributed by atoms with E-state index >= 15 is 0 Å². The predicted octanol–water partition coefficient (Wildman–Crippen LogP) is 2.30. The van der Waals surface area contributed by atoms with Gasteiger partial charge in [-0.15, -0.1) is 0 Å². The van der Waals surface area contributed by atoms with Crippen molar-refractivity contribution in [2.75, 3.05) is 6.61 Å². The van der Waals surface area contributed by atoms with E-state index in [0.29, 0.717) is 11.4 Å². The first-order valence-corrected chi connectivity index (χ1v) is 9.58. The van der Waals surface area contributed by atoms with E-state index in [9.17, 15) is 5.11 Å². The van der Waals surface area contributed by atoms with Gasteiger partial charge in [0.1, 0.15) is 5.65 Å². The van der Waals surface area contributed by atoms with Crippen LogP contribution in [0.15, 0.2) is 12.3 Å². The fourth-order valence-corrected chi connectivity index (χ4v) is 3.93. The second-order valence-electron chi connectivity index (χ2n) is 5.25. The van der Waals surface area contributed by atoms with Crippen LogP contribution in [0.2, 0.25) is 24.7 Å². The summed E-state index contributed by atoms with van der Waals surface area (Å²) in [6.07, 6.45) is 2.30. The molecule has 5 heteroatoms. The Labute approximate surface area is 107 Å². The molecule has 2 N–H and O–H groups in total. The predicted molar refractivity (Wildman–Crippen MR) is 74.9 cm³/mol. The fourth-order valence-electron chi connectivity index (χ4n) is 2.11. The Morgan fingerprint density at radius 2 is 2.12 bits per heavy atom. The summed E-state index contributed by atoms with van der Waals surface area (Å²) in [5.41, 5.74) is 2.05. The Hall–Kier alpha value is -0.843. The van der Waals surface area contributed by atoms with Crippen molar-refractivity contribution in [1.29, 1.82) is 0 Å². The van der Waals surface area contributed by atoms with Gasteiger partial charge in [-0.25, -0.2) is 4.98 Å². The molecular weight excluding hydrogens is 252 g/mol. The van der Waals surface area contributed by atoms with Crippen LogP contribution in [0.1, 0.15) is 5.56 Å². The van der Waals surface area contributed by atoms with Crippen molar-refractivity contribution >= 4 is 36.0 Å². The molecule has 0 aliphatic rings. The Morgan fingerprint density at radius 3 is 2.71 bits per heavy atom. The number of halogens is 1. The lowest BCUT2D eigenvalue weighted by Gasteiger charge is -2.16. The summed E-state index contributed by atoms with van der Waals surface area (Å²) in [6, 6.07) is 1.93. The molecule has 0 bridgehead atoms. The van der Waals surface area contributed by atoms with Gasteiger partial charge in [-0.3, -0.25) is 0 Å². The minimum atomic E-state index is -1.47. The number of nitrogens with zero attached hydrogens (tertiary/aromatic N) is 1. The number of fused-ring (bicyclic) bond motifs is 1. The quantitative estimate of drug-likeness (QED) is 0.840. The van der Waals surface area contributed by atoms with Crippen LogP contribution in [0.25, 0.3) is 11.0 Å². The van der Waals surface area contributed by atoms with E-state index in [0.717, 1.165) is 11.0 Å². The number of hydrogen-bond donors (Lipinski definition) is 2. The number of aromatic nitrogens is 2. The maximum absolute atomic E-state index is 9.21. The zero-order valence-electron chi connectivity index (χ0n) is 10.3. The van der Waals surface area contributed by atoms with Crippen LogP contribution in [0, 0.1) is 0 Å². The molecule has 0 aromatic carbocycles. The standard InChI is InChI=1S/C12H17ClN2OSi/c1-17(2,3)12-9(4-5-16)10-6-8(13)7-14-11(10)15-12/h6-7,16H,4-5H2,1-3H3,(H,14,15). The monoisotopic (exact) mass is 268 g/mol. The number of aromatic amines is 1. The van der Waals surface area contributed by atoms with E-state index in [4.69, 9.17) is 11.6 Å². The van der Waals surface area contributed by atoms with Gasteiger partial charge in [-0.1, -0.05) is 31.2 Å². The summed E-state index contributed by atoms with van der Waals surface area (Å²) in [6.45, 7) is 6.98. The van der Waals surface area contributed by atoms with Crippen molar-refractivity contribution in [3.05, 3.63) is 22.8 Å². The lowest BCUT2D eigenvalue weighted by atomic mass is 10.2. The number of hydrogen-bond acceptors (Lipinski definition) is 2. The Kier molecular flexibility index (Phi) is 3.29. The summed E-state index contributed by atoms with van der Waals surface area (Å²) in [5.74, 6) is 0. The minimum Gasteiger partial charge on any atom is -0.396 e. The molecule has 0 atom stereocenters. The molecule has 2 rings (SSSR count). The van der Waals surface area contributed by atoms with Crippen molar-refractivity contribution < 1.29 is 5.11 Å². The van der Waals surface area contributed by atoms with Crippen molar-refractivity contribution in [2.24, 2.45) is 0 Å². The SMILES string of the molecule is C[Si](C)(C)c1[nH]c2ncc(Cl)cc2c1CCO. The highest BCUT2D eigenvalue weighted by atomic mass is 35.5. The molecule has 0 aliphatic carbocycles. The maximum atomic E-state index is 9.21. The van der Waals surface area contributed by atoms with Gasteiger partial charge in [0.25, 0.3) is 0 Å². The number of H-pyrrole nitrogens is 1. The Balaban J connectivity index is 2.71. The van der Waals surface area contributed by atoms with Crippen LogP contribution in [0.5, 0.6) is 0 Å². The molecule has 0 unspecified atom stereocenters. The first kappa shape index (κ1) is 12.6. The van der Waals surface area contributed by atoms with Crippen LogP contribution < -0.4 is 5.32 Å². The molecule has 0 amide bonds. The Morgan fingerprint density at radius 1 is 1.41 bits per heavy atom. The lowest BCUT2D eigenvalue weighted by molar-refractivity contribution is 0.300. The summed E-state index contributed by atoms with van der Waals surface area (Å²) in [4.78, 5) is 7.71. The largest absolute Gasteiger partial charge is 0.396 e. The van der Waals surface area contributed by atoms with Gasteiger partial charge >= 0.3 is 0 Å². The number of aliphatic hydroxyl groups excluding tert-OH is 1. The highest BCUT2D eigenvalue weighted by Crippen LogP contribution is 2.21. The van der Waals surface area contributed by atoms with E-state index < -0.39 is 8.07 Å². The van der Waals surface area contributed by atoms with Crippen molar-refractivity contribution in [3.8, 4) is 0 Å².